The van der Waals surface area contributed by atoms with Crippen LogP contribution in [-0.4, -0.2) is 55.2 Å². The van der Waals surface area contributed by atoms with Crippen molar-refractivity contribution in [2.45, 2.75) is 26.2 Å². The summed E-state index contributed by atoms with van der Waals surface area (Å²) in [6.45, 7) is 11.3. The molecule has 2 heterocycles. The van der Waals surface area contributed by atoms with E-state index in [1.54, 1.807) is 12.4 Å². The molecule has 3 aromatic rings. The zero-order valence-electron chi connectivity index (χ0n) is 19.1. The minimum absolute atomic E-state index is 0.0913. The molecule has 4 rings (SSSR count). The average molecular weight is 434 g/mol. The second-order valence-corrected chi connectivity index (χ2v) is 9.12. The maximum atomic E-state index is 13.1. The van der Waals surface area contributed by atoms with Crippen LogP contribution in [0.1, 0.15) is 36.7 Å². The predicted octanol–water partition coefficient (Wildman–Crippen LogP) is 4.50. The van der Waals surface area contributed by atoms with Gasteiger partial charge < -0.3 is 14.8 Å². The number of ether oxygens (including phenoxy) is 2. The van der Waals surface area contributed by atoms with Crippen molar-refractivity contribution in [2.75, 3.05) is 44.8 Å². The third kappa shape index (κ3) is 5.26. The number of fused-ring (bicyclic) bond motifs is 1. The van der Waals surface area contributed by atoms with Crippen molar-refractivity contribution in [3.05, 3.63) is 66.0 Å². The van der Waals surface area contributed by atoms with E-state index in [1.165, 1.54) is 0 Å². The maximum absolute atomic E-state index is 13.1. The SMILES string of the molecule is CC(C)(C)c1ccc(C(=O)Nc2cccc3cnccc23)cc1OCCN1CCOCC1. The molecule has 0 aliphatic carbocycles. The van der Waals surface area contributed by atoms with E-state index in [1.807, 2.05) is 42.5 Å². The van der Waals surface area contributed by atoms with Crippen LogP contribution in [0.15, 0.2) is 54.9 Å². The highest BCUT2D eigenvalue weighted by Gasteiger charge is 2.21. The van der Waals surface area contributed by atoms with Crippen molar-refractivity contribution >= 4 is 22.4 Å². The Morgan fingerprint density at radius 1 is 1.16 bits per heavy atom. The zero-order chi connectivity index (χ0) is 22.6. The first-order valence-corrected chi connectivity index (χ1v) is 11.1. The lowest BCUT2D eigenvalue weighted by Crippen LogP contribution is -2.38. The second kappa shape index (κ2) is 9.67. The van der Waals surface area contributed by atoms with Crippen molar-refractivity contribution in [2.24, 2.45) is 0 Å². The van der Waals surface area contributed by atoms with Crippen LogP contribution < -0.4 is 10.1 Å². The summed E-state index contributed by atoms with van der Waals surface area (Å²) < 4.78 is 11.6. The van der Waals surface area contributed by atoms with Crippen LogP contribution in [0.2, 0.25) is 0 Å². The summed E-state index contributed by atoms with van der Waals surface area (Å²) in [5.41, 5.74) is 2.34. The molecule has 1 amide bonds. The molecule has 1 fully saturated rings. The van der Waals surface area contributed by atoms with Crippen molar-refractivity contribution in [1.82, 2.24) is 9.88 Å². The number of carbonyl (C=O) groups is 1. The smallest absolute Gasteiger partial charge is 0.255 e. The van der Waals surface area contributed by atoms with Gasteiger partial charge in [-0.25, -0.2) is 0 Å². The zero-order valence-corrected chi connectivity index (χ0v) is 19.1. The molecule has 1 saturated heterocycles. The van der Waals surface area contributed by atoms with Crippen molar-refractivity contribution in [3.8, 4) is 5.75 Å². The Bertz CT molecular complexity index is 1080. The third-order valence-corrected chi connectivity index (χ3v) is 5.75. The van der Waals surface area contributed by atoms with Gasteiger partial charge in [0.25, 0.3) is 5.91 Å². The number of pyridine rings is 1. The highest BCUT2D eigenvalue weighted by molar-refractivity contribution is 6.09. The van der Waals surface area contributed by atoms with Gasteiger partial charge in [-0.3, -0.25) is 14.7 Å². The number of hydrogen-bond acceptors (Lipinski definition) is 5. The summed E-state index contributed by atoms with van der Waals surface area (Å²) in [5, 5.41) is 5.00. The first kappa shape index (κ1) is 22.2. The normalized spacial score (nSPS) is 15.0. The molecule has 0 spiro atoms. The van der Waals surface area contributed by atoms with E-state index in [0.717, 1.165) is 60.6 Å². The van der Waals surface area contributed by atoms with Crippen LogP contribution >= 0.6 is 0 Å². The Morgan fingerprint density at radius 3 is 2.75 bits per heavy atom. The van der Waals surface area contributed by atoms with Gasteiger partial charge in [0.2, 0.25) is 0 Å². The Balaban J connectivity index is 1.52. The summed E-state index contributed by atoms with van der Waals surface area (Å²) in [6.07, 6.45) is 3.53. The van der Waals surface area contributed by atoms with E-state index in [4.69, 9.17) is 9.47 Å². The fourth-order valence-corrected chi connectivity index (χ4v) is 3.94. The number of amides is 1. The number of carbonyl (C=O) groups excluding carboxylic acids is 1. The molecule has 6 heteroatoms. The second-order valence-electron chi connectivity index (χ2n) is 9.12. The first-order valence-electron chi connectivity index (χ1n) is 11.1. The van der Waals surface area contributed by atoms with E-state index < -0.39 is 0 Å². The van der Waals surface area contributed by atoms with Crippen LogP contribution in [-0.2, 0) is 10.2 Å². The lowest BCUT2D eigenvalue weighted by Gasteiger charge is -2.27. The standard InChI is InChI=1S/C26H31N3O3/c1-26(2,3)22-8-7-19(17-24(22)32-16-13-29-11-14-31-15-12-29)25(30)28-23-6-4-5-20-18-27-10-9-21(20)23/h4-10,17-18H,11-16H2,1-3H3,(H,28,30). The Hall–Kier alpha value is -2.96. The number of benzene rings is 2. The van der Waals surface area contributed by atoms with Crippen LogP contribution in [0, 0.1) is 0 Å². The summed E-state index contributed by atoms with van der Waals surface area (Å²) in [4.78, 5) is 19.6. The van der Waals surface area contributed by atoms with Crippen molar-refractivity contribution in [3.63, 3.8) is 0 Å². The Kier molecular flexibility index (Phi) is 6.72. The number of morpholine rings is 1. The van der Waals surface area contributed by atoms with Crippen molar-refractivity contribution < 1.29 is 14.3 Å². The van der Waals surface area contributed by atoms with Gasteiger partial charge in [0.1, 0.15) is 12.4 Å². The van der Waals surface area contributed by atoms with E-state index in [9.17, 15) is 4.79 Å². The molecule has 0 radical (unpaired) electrons. The molecule has 1 aliphatic rings. The largest absolute Gasteiger partial charge is 0.492 e. The summed E-state index contributed by atoms with van der Waals surface area (Å²) in [7, 11) is 0. The summed E-state index contributed by atoms with van der Waals surface area (Å²) in [6, 6.07) is 13.5. The van der Waals surface area contributed by atoms with E-state index in [0.29, 0.717) is 12.2 Å². The highest BCUT2D eigenvalue weighted by atomic mass is 16.5. The monoisotopic (exact) mass is 433 g/mol. The molecule has 0 unspecified atom stereocenters. The molecule has 32 heavy (non-hydrogen) atoms. The molecule has 168 valence electrons. The molecular formula is C26H31N3O3. The number of nitrogens with one attached hydrogen (secondary N) is 1. The van der Waals surface area contributed by atoms with Crippen LogP contribution in [0.5, 0.6) is 5.75 Å². The third-order valence-electron chi connectivity index (χ3n) is 5.75. The number of hydrogen-bond donors (Lipinski definition) is 1. The molecule has 1 aliphatic heterocycles. The van der Waals surface area contributed by atoms with Crippen LogP contribution in [0.3, 0.4) is 0 Å². The molecule has 0 bridgehead atoms. The van der Waals surface area contributed by atoms with Gasteiger partial charge in [0, 0.05) is 54.1 Å². The van der Waals surface area contributed by atoms with Gasteiger partial charge in [0.15, 0.2) is 0 Å². The number of rotatable bonds is 6. The topological polar surface area (TPSA) is 63.7 Å². The van der Waals surface area contributed by atoms with E-state index >= 15 is 0 Å². The highest BCUT2D eigenvalue weighted by Crippen LogP contribution is 2.33. The van der Waals surface area contributed by atoms with Gasteiger partial charge in [-0.05, 0) is 35.2 Å². The minimum Gasteiger partial charge on any atom is -0.492 e. The molecule has 6 nitrogen and oxygen atoms in total. The fraction of sp³-hybridized carbons (Fsp3) is 0.385. The fourth-order valence-electron chi connectivity index (χ4n) is 3.94. The van der Waals surface area contributed by atoms with Gasteiger partial charge in [0.05, 0.1) is 13.2 Å². The summed E-state index contributed by atoms with van der Waals surface area (Å²) in [5.74, 6) is 0.605. The molecule has 0 saturated carbocycles. The number of aromatic nitrogens is 1. The van der Waals surface area contributed by atoms with Gasteiger partial charge in [-0.15, -0.1) is 0 Å². The van der Waals surface area contributed by atoms with Crippen LogP contribution in [0.4, 0.5) is 5.69 Å². The minimum atomic E-state index is -0.159. The van der Waals surface area contributed by atoms with Gasteiger partial charge in [-0.1, -0.05) is 39.0 Å². The molecule has 1 aromatic heterocycles. The predicted molar refractivity (Wildman–Crippen MR) is 128 cm³/mol. The lowest BCUT2D eigenvalue weighted by atomic mass is 9.85. The first-order chi connectivity index (χ1) is 15.4. The number of nitrogens with zero attached hydrogens (tertiary/aromatic N) is 2. The number of anilines is 1. The van der Waals surface area contributed by atoms with Crippen LogP contribution in [0.25, 0.3) is 10.8 Å². The van der Waals surface area contributed by atoms with Gasteiger partial charge in [-0.2, -0.15) is 0 Å². The quantitative estimate of drug-likeness (QED) is 0.620. The van der Waals surface area contributed by atoms with Crippen molar-refractivity contribution in [1.29, 1.82) is 0 Å². The molecule has 0 atom stereocenters. The van der Waals surface area contributed by atoms with Gasteiger partial charge >= 0.3 is 0 Å². The molecule has 1 N–H and O–H groups in total. The van der Waals surface area contributed by atoms with E-state index in [2.05, 4.69) is 36.0 Å². The Labute approximate surface area is 189 Å². The lowest BCUT2D eigenvalue weighted by molar-refractivity contribution is 0.0321. The van der Waals surface area contributed by atoms with E-state index in [-0.39, 0.29) is 11.3 Å². The Morgan fingerprint density at radius 2 is 1.97 bits per heavy atom. The maximum Gasteiger partial charge on any atom is 0.255 e. The molecular weight excluding hydrogens is 402 g/mol. The summed E-state index contributed by atoms with van der Waals surface area (Å²) >= 11 is 0. The average Bonchev–Trinajstić information content (AvgIpc) is 2.79. The molecule has 2 aromatic carbocycles.